The van der Waals surface area contributed by atoms with E-state index in [-0.39, 0.29) is 35.8 Å². The van der Waals surface area contributed by atoms with Gasteiger partial charge in [0, 0.05) is 25.6 Å². The topological polar surface area (TPSA) is 93.2 Å². The number of rotatable bonds is 10. The van der Waals surface area contributed by atoms with Crippen LogP contribution in [0.2, 0.25) is 0 Å². The quantitative estimate of drug-likeness (QED) is 0.194. The molecule has 1 aliphatic rings. The van der Waals surface area contributed by atoms with E-state index in [9.17, 15) is 4.79 Å². The zero-order valence-corrected chi connectivity index (χ0v) is 19.3. The second-order valence-electron chi connectivity index (χ2n) is 6.22. The molecule has 0 spiro atoms. The Bertz CT molecular complexity index is 640. The number of aliphatic imine (C=N–C) groups is 1. The van der Waals surface area contributed by atoms with Crippen molar-refractivity contribution in [3.8, 4) is 17.2 Å². The third kappa shape index (κ3) is 7.25. The second kappa shape index (κ2) is 12.5. The molecule has 0 radical (unpaired) electrons. The van der Waals surface area contributed by atoms with Crippen molar-refractivity contribution in [2.45, 2.75) is 26.3 Å². The van der Waals surface area contributed by atoms with Crippen LogP contribution in [-0.4, -0.2) is 52.8 Å². The molecule has 1 aliphatic carbocycles. The molecule has 0 bridgehead atoms. The molecule has 0 aromatic heterocycles. The van der Waals surface area contributed by atoms with Crippen LogP contribution in [0.3, 0.4) is 0 Å². The van der Waals surface area contributed by atoms with Gasteiger partial charge in [-0.15, -0.1) is 24.0 Å². The van der Waals surface area contributed by atoms with Crippen molar-refractivity contribution in [2.24, 2.45) is 10.9 Å². The first-order valence-corrected chi connectivity index (χ1v) is 9.21. The molecular formula is C19H31IN4O4. The summed E-state index contributed by atoms with van der Waals surface area (Å²) in [5, 5.41) is 9.34. The van der Waals surface area contributed by atoms with E-state index in [1.54, 1.807) is 21.3 Å². The highest BCUT2D eigenvalue weighted by molar-refractivity contribution is 14.0. The molecule has 1 aromatic rings. The molecule has 9 heteroatoms. The second-order valence-corrected chi connectivity index (χ2v) is 6.22. The molecule has 3 N–H and O–H groups in total. The van der Waals surface area contributed by atoms with E-state index in [1.165, 1.54) is 0 Å². The van der Waals surface area contributed by atoms with Gasteiger partial charge in [-0.3, -0.25) is 4.79 Å². The van der Waals surface area contributed by atoms with Crippen LogP contribution in [0, 0.1) is 5.92 Å². The maximum Gasteiger partial charge on any atom is 0.223 e. The summed E-state index contributed by atoms with van der Waals surface area (Å²) in [4.78, 5) is 16.2. The number of amides is 1. The SMILES string of the molecule is CCNC(=NCc1cc(OC)c(OC)c(OC)c1)NCCNC(=O)C1CC1.I. The first-order chi connectivity index (χ1) is 13.1. The van der Waals surface area contributed by atoms with Gasteiger partial charge in [0.15, 0.2) is 17.5 Å². The van der Waals surface area contributed by atoms with Gasteiger partial charge in [0.1, 0.15) is 0 Å². The summed E-state index contributed by atoms with van der Waals surface area (Å²) in [5.41, 5.74) is 0.934. The highest BCUT2D eigenvalue weighted by Crippen LogP contribution is 2.38. The van der Waals surface area contributed by atoms with Crippen LogP contribution in [0.25, 0.3) is 0 Å². The van der Waals surface area contributed by atoms with Crippen LogP contribution in [0.15, 0.2) is 17.1 Å². The molecule has 158 valence electrons. The highest BCUT2D eigenvalue weighted by Gasteiger charge is 2.28. The fourth-order valence-corrected chi connectivity index (χ4v) is 2.60. The van der Waals surface area contributed by atoms with Crippen molar-refractivity contribution in [3.63, 3.8) is 0 Å². The van der Waals surface area contributed by atoms with Crippen LogP contribution in [-0.2, 0) is 11.3 Å². The summed E-state index contributed by atoms with van der Waals surface area (Å²) in [6.45, 7) is 4.38. The monoisotopic (exact) mass is 506 g/mol. The van der Waals surface area contributed by atoms with Gasteiger partial charge in [-0.05, 0) is 37.5 Å². The van der Waals surface area contributed by atoms with E-state index in [1.807, 2.05) is 19.1 Å². The Labute approximate surface area is 183 Å². The number of nitrogens with one attached hydrogen (secondary N) is 3. The van der Waals surface area contributed by atoms with Crippen molar-refractivity contribution in [3.05, 3.63) is 17.7 Å². The molecule has 0 unspecified atom stereocenters. The van der Waals surface area contributed by atoms with Gasteiger partial charge in [-0.1, -0.05) is 0 Å². The fraction of sp³-hybridized carbons (Fsp3) is 0.579. The largest absolute Gasteiger partial charge is 0.493 e. The summed E-state index contributed by atoms with van der Waals surface area (Å²) < 4.78 is 16.1. The van der Waals surface area contributed by atoms with E-state index in [4.69, 9.17) is 14.2 Å². The summed E-state index contributed by atoms with van der Waals surface area (Å²) in [6.07, 6.45) is 2.02. The normalized spacial score (nSPS) is 13.2. The van der Waals surface area contributed by atoms with E-state index in [0.29, 0.717) is 42.8 Å². The third-order valence-corrected chi connectivity index (χ3v) is 4.15. The minimum absolute atomic E-state index is 0. The van der Waals surface area contributed by atoms with Crippen molar-refractivity contribution in [1.82, 2.24) is 16.0 Å². The lowest BCUT2D eigenvalue weighted by Gasteiger charge is -2.14. The van der Waals surface area contributed by atoms with Gasteiger partial charge in [-0.25, -0.2) is 4.99 Å². The number of nitrogens with zero attached hydrogens (tertiary/aromatic N) is 1. The Balaban J connectivity index is 0.00000392. The number of ether oxygens (including phenoxy) is 3. The number of halogens is 1. The maximum absolute atomic E-state index is 11.6. The first-order valence-electron chi connectivity index (χ1n) is 9.21. The van der Waals surface area contributed by atoms with Crippen molar-refractivity contribution in [1.29, 1.82) is 0 Å². The number of guanidine groups is 1. The Morgan fingerprint density at radius 3 is 2.14 bits per heavy atom. The predicted molar refractivity (Wildman–Crippen MR) is 120 cm³/mol. The van der Waals surface area contributed by atoms with Crippen LogP contribution in [0.4, 0.5) is 0 Å². The van der Waals surface area contributed by atoms with E-state index in [2.05, 4.69) is 20.9 Å². The highest BCUT2D eigenvalue weighted by atomic mass is 127. The van der Waals surface area contributed by atoms with E-state index >= 15 is 0 Å². The summed E-state index contributed by atoms with van der Waals surface area (Å²) in [7, 11) is 4.76. The molecule has 8 nitrogen and oxygen atoms in total. The van der Waals surface area contributed by atoms with Crippen molar-refractivity contribution < 1.29 is 19.0 Å². The molecule has 0 saturated heterocycles. The van der Waals surface area contributed by atoms with Crippen molar-refractivity contribution in [2.75, 3.05) is 41.0 Å². The van der Waals surface area contributed by atoms with Crippen molar-refractivity contribution >= 4 is 35.8 Å². The molecule has 0 atom stereocenters. The standard InChI is InChI=1S/C19H30N4O4.HI/c1-5-20-19(22-9-8-21-18(24)14-6-7-14)23-12-13-10-15(25-2)17(27-4)16(11-13)26-3;/h10-11,14H,5-9,12H2,1-4H3,(H,21,24)(H2,20,22,23);1H. The number of benzene rings is 1. The first kappa shape index (κ1) is 24.1. The molecule has 2 rings (SSSR count). The average molecular weight is 506 g/mol. The van der Waals surface area contributed by atoms with E-state index < -0.39 is 0 Å². The number of hydrogen-bond acceptors (Lipinski definition) is 5. The Kier molecular flexibility index (Phi) is 10.8. The van der Waals surface area contributed by atoms with Gasteiger partial charge in [0.2, 0.25) is 11.7 Å². The number of carbonyl (C=O) groups is 1. The molecule has 0 aliphatic heterocycles. The molecule has 1 fully saturated rings. The number of carbonyl (C=O) groups excluding carboxylic acids is 1. The minimum atomic E-state index is 0. The predicted octanol–water partition coefficient (Wildman–Crippen LogP) is 1.91. The van der Waals surface area contributed by atoms with Crippen LogP contribution in [0.5, 0.6) is 17.2 Å². The van der Waals surface area contributed by atoms with Gasteiger partial charge >= 0.3 is 0 Å². The van der Waals surface area contributed by atoms with Gasteiger partial charge < -0.3 is 30.2 Å². The average Bonchev–Trinajstić information content (AvgIpc) is 3.53. The Morgan fingerprint density at radius 2 is 1.64 bits per heavy atom. The molecule has 1 amide bonds. The maximum atomic E-state index is 11.6. The summed E-state index contributed by atoms with van der Waals surface area (Å²) in [6, 6.07) is 3.76. The lowest BCUT2D eigenvalue weighted by molar-refractivity contribution is -0.122. The molecule has 1 aromatic carbocycles. The zero-order chi connectivity index (χ0) is 19.6. The fourth-order valence-electron chi connectivity index (χ4n) is 2.60. The van der Waals surface area contributed by atoms with Crippen LogP contribution >= 0.6 is 24.0 Å². The van der Waals surface area contributed by atoms with E-state index in [0.717, 1.165) is 24.9 Å². The van der Waals surface area contributed by atoms with Gasteiger partial charge in [-0.2, -0.15) is 0 Å². The molecule has 0 heterocycles. The van der Waals surface area contributed by atoms with Crippen LogP contribution < -0.4 is 30.2 Å². The van der Waals surface area contributed by atoms with Gasteiger partial charge in [0.25, 0.3) is 0 Å². The molecule has 28 heavy (non-hydrogen) atoms. The zero-order valence-electron chi connectivity index (χ0n) is 17.0. The number of hydrogen-bond donors (Lipinski definition) is 3. The Hall–Kier alpha value is -1.91. The third-order valence-electron chi connectivity index (χ3n) is 4.15. The molecular weight excluding hydrogens is 475 g/mol. The molecule has 1 saturated carbocycles. The minimum Gasteiger partial charge on any atom is -0.493 e. The lowest BCUT2D eigenvalue weighted by Crippen LogP contribution is -2.41. The summed E-state index contributed by atoms with van der Waals surface area (Å²) >= 11 is 0. The van der Waals surface area contributed by atoms with Crippen LogP contribution in [0.1, 0.15) is 25.3 Å². The number of methoxy groups -OCH3 is 3. The smallest absolute Gasteiger partial charge is 0.223 e. The summed E-state index contributed by atoms with van der Waals surface area (Å²) in [5.74, 6) is 2.82. The Morgan fingerprint density at radius 1 is 1.04 bits per heavy atom. The van der Waals surface area contributed by atoms with Gasteiger partial charge in [0.05, 0.1) is 27.9 Å². The lowest BCUT2D eigenvalue weighted by atomic mass is 10.2.